The van der Waals surface area contributed by atoms with Crippen LogP contribution in [0.4, 0.5) is 0 Å². The van der Waals surface area contributed by atoms with Gasteiger partial charge >= 0.3 is 0 Å². The molecule has 0 N–H and O–H groups in total. The lowest BCUT2D eigenvalue weighted by Crippen LogP contribution is -1.99. The molecule has 0 saturated heterocycles. The lowest BCUT2D eigenvalue weighted by Gasteiger charge is -2.09. The highest BCUT2D eigenvalue weighted by atomic mass is 16.5. The van der Waals surface area contributed by atoms with Crippen LogP contribution in [0, 0.1) is 6.07 Å². The smallest absolute Gasteiger partial charge is 0.161 e. The van der Waals surface area contributed by atoms with Gasteiger partial charge in [0.25, 0.3) is 0 Å². The summed E-state index contributed by atoms with van der Waals surface area (Å²) in [5.41, 5.74) is 0. The molecule has 1 aromatic rings. The Bertz CT molecular complexity index is 430. The van der Waals surface area contributed by atoms with E-state index in [1.54, 1.807) is 7.11 Å². The fraction of sp³-hybridized carbons (Fsp3) is 0.760. The Morgan fingerprint density at radius 1 is 0.667 bits per heavy atom. The normalized spacial score (nSPS) is 10.9. The van der Waals surface area contributed by atoms with Crippen LogP contribution >= 0.6 is 0 Å². The van der Waals surface area contributed by atoms with Crippen LogP contribution in [0.5, 0.6) is 11.5 Å². The zero-order valence-corrected chi connectivity index (χ0v) is 18.1. The number of methoxy groups -OCH3 is 1. The number of unbranched alkanes of at least 4 members (excludes halogenated alkanes) is 15. The first-order valence-corrected chi connectivity index (χ1v) is 11.6. The molecule has 0 aliphatic carbocycles. The summed E-state index contributed by atoms with van der Waals surface area (Å²) in [4.78, 5) is 0. The maximum Gasteiger partial charge on any atom is 0.161 e. The monoisotopic (exact) mass is 375 g/mol. The van der Waals surface area contributed by atoms with Gasteiger partial charge in [-0.25, -0.2) is 0 Å². The lowest BCUT2D eigenvalue weighted by atomic mass is 10.0. The van der Waals surface area contributed by atoms with Crippen molar-refractivity contribution < 1.29 is 9.47 Å². The molecule has 0 heterocycles. The van der Waals surface area contributed by atoms with E-state index in [0.717, 1.165) is 24.5 Å². The zero-order chi connectivity index (χ0) is 19.4. The highest BCUT2D eigenvalue weighted by molar-refractivity contribution is 5.38. The third kappa shape index (κ3) is 13.6. The second-order valence-electron chi connectivity index (χ2n) is 7.73. The summed E-state index contributed by atoms with van der Waals surface area (Å²) in [6.45, 7) is 3.07. The summed E-state index contributed by atoms with van der Waals surface area (Å²) in [6, 6.07) is 8.62. The molecule has 0 unspecified atom stereocenters. The molecule has 0 saturated carbocycles. The van der Waals surface area contributed by atoms with Crippen molar-refractivity contribution >= 4 is 0 Å². The first-order valence-electron chi connectivity index (χ1n) is 11.6. The molecule has 0 bridgehead atoms. The lowest BCUT2D eigenvalue weighted by molar-refractivity contribution is 0.284. The van der Waals surface area contributed by atoms with Gasteiger partial charge < -0.3 is 9.47 Å². The van der Waals surface area contributed by atoms with Crippen LogP contribution < -0.4 is 9.47 Å². The minimum atomic E-state index is 0.772. The van der Waals surface area contributed by atoms with Crippen molar-refractivity contribution in [3.63, 3.8) is 0 Å². The quantitative estimate of drug-likeness (QED) is 0.227. The maximum absolute atomic E-state index is 5.80. The molecule has 0 atom stereocenters. The van der Waals surface area contributed by atoms with Crippen LogP contribution in [0.15, 0.2) is 18.2 Å². The second-order valence-corrected chi connectivity index (χ2v) is 7.73. The van der Waals surface area contributed by atoms with Crippen LogP contribution in [-0.2, 0) is 0 Å². The summed E-state index contributed by atoms with van der Waals surface area (Å²) in [7, 11) is 1.67. The molecule has 1 rings (SSSR count). The molecular formula is C25H43O2. The zero-order valence-electron chi connectivity index (χ0n) is 18.1. The Morgan fingerprint density at radius 2 is 1.15 bits per heavy atom. The first kappa shape index (κ1) is 23.9. The molecule has 0 aliphatic heterocycles. The van der Waals surface area contributed by atoms with Crippen molar-refractivity contribution in [1.82, 2.24) is 0 Å². The predicted octanol–water partition coefficient (Wildman–Crippen LogP) is 8.14. The third-order valence-electron chi connectivity index (χ3n) is 5.26. The van der Waals surface area contributed by atoms with E-state index in [2.05, 4.69) is 13.0 Å². The molecule has 0 spiro atoms. The topological polar surface area (TPSA) is 18.5 Å². The van der Waals surface area contributed by atoms with Crippen molar-refractivity contribution in [3.8, 4) is 11.5 Å². The fourth-order valence-corrected chi connectivity index (χ4v) is 3.51. The van der Waals surface area contributed by atoms with Gasteiger partial charge in [-0.1, -0.05) is 109 Å². The molecule has 2 nitrogen and oxygen atoms in total. The number of rotatable bonds is 19. The van der Waals surface area contributed by atoms with Gasteiger partial charge in [0.1, 0.15) is 0 Å². The Kier molecular flexibility index (Phi) is 16.1. The molecular weight excluding hydrogens is 332 g/mol. The Labute approximate surface area is 169 Å². The van der Waals surface area contributed by atoms with Crippen molar-refractivity contribution in [1.29, 1.82) is 0 Å². The molecule has 1 aromatic carbocycles. The summed E-state index contributed by atoms with van der Waals surface area (Å²) in [5, 5.41) is 0. The summed E-state index contributed by atoms with van der Waals surface area (Å²) < 4.78 is 11.1. The standard InChI is InChI=1S/C25H43O2/c1-3-4-5-6-7-8-9-10-11-12-13-14-15-16-17-20-23-27-25-22-19-18-21-24(25)26-2/h19,21-22H,3-17,20,23H2,1-2H3. The van der Waals surface area contributed by atoms with Gasteiger partial charge in [-0.2, -0.15) is 0 Å². The highest BCUT2D eigenvalue weighted by Crippen LogP contribution is 2.25. The van der Waals surface area contributed by atoms with Crippen molar-refractivity contribution in [2.75, 3.05) is 13.7 Å². The van der Waals surface area contributed by atoms with Crippen LogP contribution in [0.25, 0.3) is 0 Å². The van der Waals surface area contributed by atoms with E-state index >= 15 is 0 Å². The minimum absolute atomic E-state index is 0.772. The fourth-order valence-electron chi connectivity index (χ4n) is 3.51. The predicted molar refractivity (Wildman–Crippen MR) is 117 cm³/mol. The van der Waals surface area contributed by atoms with Crippen molar-refractivity contribution in [2.45, 2.75) is 110 Å². The largest absolute Gasteiger partial charge is 0.493 e. The molecule has 0 aliphatic rings. The number of ether oxygens (including phenoxy) is 2. The SMILES string of the molecule is CCCCCCCCCCCCCCCCCCOc1cc[c]cc1OC. The van der Waals surface area contributed by atoms with Gasteiger partial charge in [-0.05, 0) is 24.6 Å². The number of hydrogen-bond donors (Lipinski definition) is 0. The van der Waals surface area contributed by atoms with E-state index < -0.39 is 0 Å². The van der Waals surface area contributed by atoms with Crippen molar-refractivity contribution in [3.05, 3.63) is 24.3 Å². The first-order chi connectivity index (χ1) is 13.4. The molecule has 1 radical (unpaired) electrons. The van der Waals surface area contributed by atoms with Gasteiger partial charge in [0.15, 0.2) is 11.5 Å². The average molecular weight is 376 g/mol. The highest BCUT2D eigenvalue weighted by Gasteiger charge is 2.02. The van der Waals surface area contributed by atoms with Crippen LogP contribution in [0.2, 0.25) is 0 Å². The number of benzene rings is 1. The Morgan fingerprint density at radius 3 is 1.63 bits per heavy atom. The van der Waals surface area contributed by atoms with Gasteiger partial charge in [-0.15, -0.1) is 0 Å². The average Bonchev–Trinajstić information content (AvgIpc) is 2.70. The molecule has 0 aromatic heterocycles. The van der Waals surface area contributed by atoms with Crippen LogP contribution in [0.1, 0.15) is 110 Å². The van der Waals surface area contributed by atoms with E-state index in [1.165, 1.54) is 96.3 Å². The second kappa shape index (κ2) is 18.2. The minimum Gasteiger partial charge on any atom is -0.493 e. The summed E-state index contributed by atoms with van der Waals surface area (Å²) >= 11 is 0. The molecule has 155 valence electrons. The van der Waals surface area contributed by atoms with Gasteiger partial charge in [-0.3, -0.25) is 0 Å². The molecule has 0 amide bonds. The van der Waals surface area contributed by atoms with Gasteiger partial charge in [0.2, 0.25) is 0 Å². The molecule has 2 heteroatoms. The van der Waals surface area contributed by atoms with Gasteiger partial charge in [0.05, 0.1) is 13.7 Å². The van der Waals surface area contributed by atoms with Crippen LogP contribution in [-0.4, -0.2) is 13.7 Å². The van der Waals surface area contributed by atoms with E-state index in [1.807, 2.05) is 18.2 Å². The molecule has 27 heavy (non-hydrogen) atoms. The van der Waals surface area contributed by atoms with Crippen LogP contribution in [0.3, 0.4) is 0 Å². The Balaban J connectivity index is 1.78. The Hall–Kier alpha value is -1.18. The maximum atomic E-state index is 5.80. The van der Waals surface area contributed by atoms with E-state index in [9.17, 15) is 0 Å². The van der Waals surface area contributed by atoms with E-state index in [0.29, 0.717) is 0 Å². The van der Waals surface area contributed by atoms with E-state index in [-0.39, 0.29) is 0 Å². The summed E-state index contributed by atoms with van der Waals surface area (Å²) in [5.74, 6) is 1.60. The van der Waals surface area contributed by atoms with E-state index in [4.69, 9.17) is 9.47 Å². The van der Waals surface area contributed by atoms with Gasteiger partial charge in [0, 0.05) is 0 Å². The van der Waals surface area contributed by atoms with Crippen molar-refractivity contribution in [2.24, 2.45) is 0 Å². The summed E-state index contributed by atoms with van der Waals surface area (Å²) in [6.07, 6.45) is 22.3. The molecule has 0 fully saturated rings. The third-order valence-corrected chi connectivity index (χ3v) is 5.26. The number of hydrogen-bond acceptors (Lipinski definition) is 2.